The lowest BCUT2D eigenvalue weighted by molar-refractivity contribution is 0.0945. The zero-order valence-corrected chi connectivity index (χ0v) is 18.7. The number of piperidine rings is 1. The number of guanidine groups is 1. The Morgan fingerprint density at radius 1 is 1.24 bits per heavy atom. The molecule has 164 valence electrons. The predicted molar refractivity (Wildman–Crippen MR) is 118 cm³/mol. The van der Waals surface area contributed by atoms with Crippen LogP contribution in [-0.4, -0.2) is 64.3 Å². The summed E-state index contributed by atoms with van der Waals surface area (Å²) in [6.07, 6.45) is 3.04. The maximum absolute atomic E-state index is 11.6. The third-order valence-corrected chi connectivity index (χ3v) is 6.32. The van der Waals surface area contributed by atoms with Gasteiger partial charge in [-0.2, -0.15) is 0 Å². The molecule has 1 heterocycles. The molecule has 1 aromatic rings. The fraction of sp³-hybridized carbons (Fsp3) is 0.667. The Morgan fingerprint density at radius 2 is 1.93 bits per heavy atom. The van der Waals surface area contributed by atoms with Crippen molar-refractivity contribution in [1.29, 1.82) is 0 Å². The number of sulfonamides is 1. The van der Waals surface area contributed by atoms with Gasteiger partial charge in [0.05, 0.1) is 19.5 Å². The summed E-state index contributed by atoms with van der Waals surface area (Å²) in [6, 6.07) is 10.2. The SMILES string of the molecule is CCNC(=NCC(C)COCc1ccccc1)NCC1CCN(S(C)(=O)=O)CC1. The first kappa shape index (κ1) is 23.6. The van der Waals surface area contributed by atoms with Crippen LogP contribution in [0, 0.1) is 11.8 Å². The van der Waals surface area contributed by atoms with Crippen molar-refractivity contribution < 1.29 is 13.2 Å². The van der Waals surface area contributed by atoms with E-state index in [0.717, 1.165) is 31.9 Å². The minimum Gasteiger partial charge on any atom is -0.376 e. The second kappa shape index (κ2) is 12.1. The summed E-state index contributed by atoms with van der Waals surface area (Å²) in [7, 11) is -3.07. The number of nitrogens with one attached hydrogen (secondary N) is 2. The van der Waals surface area contributed by atoms with Crippen LogP contribution in [0.1, 0.15) is 32.3 Å². The third kappa shape index (κ3) is 9.14. The molecule has 0 spiro atoms. The van der Waals surface area contributed by atoms with E-state index in [9.17, 15) is 8.42 Å². The molecule has 1 aliphatic heterocycles. The van der Waals surface area contributed by atoms with Crippen LogP contribution in [-0.2, 0) is 21.4 Å². The van der Waals surface area contributed by atoms with Crippen LogP contribution in [0.15, 0.2) is 35.3 Å². The highest BCUT2D eigenvalue weighted by molar-refractivity contribution is 7.88. The van der Waals surface area contributed by atoms with Gasteiger partial charge in [0.2, 0.25) is 10.0 Å². The molecular formula is C21H36N4O3S. The Kier molecular flexibility index (Phi) is 9.90. The highest BCUT2D eigenvalue weighted by Crippen LogP contribution is 2.18. The largest absolute Gasteiger partial charge is 0.376 e. The van der Waals surface area contributed by atoms with E-state index in [1.165, 1.54) is 11.8 Å². The van der Waals surface area contributed by atoms with Gasteiger partial charge in [0, 0.05) is 32.7 Å². The maximum Gasteiger partial charge on any atom is 0.211 e. The second-order valence-corrected chi connectivity index (χ2v) is 9.79. The molecular weight excluding hydrogens is 388 g/mol. The lowest BCUT2D eigenvalue weighted by Crippen LogP contribution is -2.44. The molecule has 0 aromatic heterocycles. The quantitative estimate of drug-likeness (QED) is 0.444. The molecule has 1 atom stereocenters. The minimum absolute atomic E-state index is 0.326. The predicted octanol–water partition coefficient (Wildman–Crippen LogP) is 2.07. The molecule has 0 radical (unpaired) electrons. The molecule has 1 aliphatic rings. The number of hydrogen-bond acceptors (Lipinski definition) is 4. The van der Waals surface area contributed by atoms with Crippen molar-refractivity contribution in [2.75, 3.05) is 45.6 Å². The van der Waals surface area contributed by atoms with Gasteiger partial charge in [-0.1, -0.05) is 37.3 Å². The van der Waals surface area contributed by atoms with Gasteiger partial charge in [-0.05, 0) is 37.2 Å². The molecule has 2 N–H and O–H groups in total. The molecule has 0 amide bonds. The fourth-order valence-corrected chi connectivity index (χ4v) is 4.15. The van der Waals surface area contributed by atoms with E-state index >= 15 is 0 Å². The molecule has 0 aliphatic carbocycles. The van der Waals surface area contributed by atoms with Gasteiger partial charge in [0.1, 0.15) is 0 Å². The summed E-state index contributed by atoms with van der Waals surface area (Å²) in [5, 5.41) is 6.70. The standard InChI is InChI=1S/C21H36N4O3S/c1-4-22-21(24-15-19-10-12-25(13-11-19)29(3,26)27)23-14-18(2)16-28-17-20-8-6-5-7-9-20/h5-9,18-19H,4,10-17H2,1-3H3,(H2,22,23,24). The molecule has 29 heavy (non-hydrogen) atoms. The highest BCUT2D eigenvalue weighted by atomic mass is 32.2. The molecule has 2 rings (SSSR count). The van der Waals surface area contributed by atoms with Crippen LogP contribution in [0.2, 0.25) is 0 Å². The average Bonchev–Trinajstić information content (AvgIpc) is 2.70. The van der Waals surface area contributed by atoms with Gasteiger partial charge < -0.3 is 15.4 Å². The van der Waals surface area contributed by atoms with Crippen molar-refractivity contribution in [3.63, 3.8) is 0 Å². The smallest absolute Gasteiger partial charge is 0.211 e. The Hall–Kier alpha value is -1.64. The van der Waals surface area contributed by atoms with Gasteiger partial charge in [-0.3, -0.25) is 4.99 Å². The van der Waals surface area contributed by atoms with Crippen LogP contribution in [0.25, 0.3) is 0 Å². The molecule has 0 saturated carbocycles. The molecule has 0 bridgehead atoms. The van der Waals surface area contributed by atoms with Crippen LogP contribution in [0.3, 0.4) is 0 Å². The first-order valence-electron chi connectivity index (χ1n) is 10.5. The van der Waals surface area contributed by atoms with Crippen molar-refractivity contribution in [1.82, 2.24) is 14.9 Å². The van der Waals surface area contributed by atoms with Crippen molar-refractivity contribution in [2.24, 2.45) is 16.8 Å². The van der Waals surface area contributed by atoms with Crippen molar-refractivity contribution in [2.45, 2.75) is 33.3 Å². The molecule has 1 saturated heterocycles. The molecule has 1 aromatic carbocycles. The van der Waals surface area contributed by atoms with E-state index in [4.69, 9.17) is 4.74 Å². The summed E-state index contributed by atoms with van der Waals surface area (Å²) in [4.78, 5) is 4.69. The normalized spacial score (nSPS) is 17.8. The van der Waals surface area contributed by atoms with E-state index in [2.05, 4.69) is 34.7 Å². The lowest BCUT2D eigenvalue weighted by atomic mass is 9.98. The number of nitrogens with zero attached hydrogens (tertiary/aromatic N) is 2. The van der Waals surface area contributed by atoms with Crippen molar-refractivity contribution in [3.05, 3.63) is 35.9 Å². The number of benzene rings is 1. The Labute approximate surface area is 176 Å². The monoisotopic (exact) mass is 424 g/mol. The Morgan fingerprint density at radius 3 is 2.55 bits per heavy atom. The lowest BCUT2D eigenvalue weighted by Gasteiger charge is -2.30. The van der Waals surface area contributed by atoms with E-state index in [0.29, 0.717) is 44.7 Å². The summed E-state index contributed by atoms with van der Waals surface area (Å²) < 4.78 is 30.6. The first-order chi connectivity index (χ1) is 13.9. The summed E-state index contributed by atoms with van der Waals surface area (Å²) in [5.41, 5.74) is 1.18. The van der Waals surface area contributed by atoms with Crippen LogP contribution >= 0.6 is 0 Å². The van der Waals surface area contributed by atoms with Gasteiger partial charge in [-0.25, -0.2) is 12.7 Å². The number of ether oxygens (including phenoxy) is 1. The first-order valence-corrected chi connectivity index (χ1v) is 12.3. The number of aliphatic imine (C=N–C) groups is 1. The maximum atomic E-state index is 11.6. The van der Waals surface area contributed by atoms with Crippen molar-refractivity contribution >= 4 is 16.0 Å². The minimum atomic E-state index is -3.07. The van der Waals surface area contributed by atoms with E-state index in [-0.39, 0.29) is 0 Å². The summed E-state index contributed by atoms with van der Waals surface area (Å²) in [6.45, 7) is 8.99. The average molecular weight is 425 g/mol. The van der Waals surface area contributed by atoms with Gasteiger partial charge in [0.25, 0.3) is 0 Å². The Bertz CT molecular complexity index is 717. The van der Waals surface area contributed by atoms with Gasteiger partial charge in [0.15, 0.2) is 5.96 Å². The number of hydrogen-bond donors (Lipinski definition) is 2. The summed E-state index contributed by atoms with van der Waals surface area (Å²) >= 11 is 0. The Balaban J connectivity index is 1.70. The zero-order chi connectivity index (χ0) is 21.1. The van der Waals surface area contributed by atoms with E-state index < -0.39 is 10.0 Å². The molecule has 1 fully saturated rings. The van der Waals surface area contributed by atoms with E-state index in [1.807, 2.05) is 25.1 Å². The zero-order valence-electron chi connectivity index (χ0n) is 17.9. The molecule has 1 unspecified atom stereocenters. The topological polar surface area (TPSA) is 83.0 Å². The van der Waals surface area contributed by atoms with Gasteiger partial charge >= 0.3 is 0 Å². The van der Waals surface area contributed by atoms with E-state index in [1.54, 1.807) is 4.31 Å². The third-order valence-electron chi connectivity index (χ3n) is 5.02. The van der Waals surface area contributed by atoms with Crippen LogP contribution in [0.4, 0.5) is 0 Å². The molecule has 8 heteroatoms. The summed E-state index contributed by atoms with van der Waals surface area (Å²) in [5.74, 6) is 1.60. The highest BCUT2D eigenvalue weighted by Gasteiger charge is 2.24. The number of rotatable bonds is 10. The fourth-order valence-electron chi connectivity index (χ4n) is 3.28. The molecule has 7 nitrogen and oxygen atoms in total. The van der Waals surface area contributed by atoms with Crippen LogP contribution in [0.5, 0.6) is 0 Å². The second-order valence-electron chi connectivity index (χ2n) is 7.81. The van der Waals surface area contributed by atoms with Crippen LogP contribution < -0.4 is 10.6 Å². The van der Waals surface area contributed by atoms with Gasteiger partial charge in [-0.15, -0.1) is 0 Å². The van der Waals surface area contributed by atoms with Crippen molar-refractivity contribution in [3.8, 4) is 0 Å².